The number of halogens is 4. The number of methoxy groups -OCH3 is 2. The van der Waals surface area contributed by atoms with E-state index in [2.05, 4.69) is 10.6 Å². The minimum absolute atomic E-state index is 0. The first-order valence-corrected chi connectivity index (χ1v) is 32.8. The van der Waals surface area contributed by atoms with E-state index in [1.54, 1.807) is 47.1 Å². The molecule has 4 aromatic rings. The van der Waals surface area contributed by atoms with Crippen molar-refractivity contribution in [2.75, 3.05) is 27.3 Å². The van der Waals surface area contributed by atoms with Crippen molar-refractivity contribution in [1.82, 2.24) is 40.4 Å². The van der Waals surface area contributed by atoms with Crippen LogP contribution in [0.1, 0.15) is 144 Å². The molecule has 6 heterocycles. The maximum atomic E-state index is 14.6. The second kappa shape index (κ2) is 28.2. The molecule has 2 radical (unpaired) electrons. The van der Waals surface area contributed by atoms with Crippen molar-refractivity contribution < 1.29 is 112 Å². The van der Waals surface area contributed by atoms with Crippen LogP contribution in [-0.4, -0.2) is 154 Å². The van der Waals surface area contributed by atoms with E-state index >= 15 is 0 Å². The van der Waals surface area contributed by atoms with E-state index in [0.29, 0.717) is 102 Å². The Balaban J connectivity index is 0.000000217. The van der Waals surface area contributed by atoms with Gasteiger partial charge in [0, 0.05) is 90.7 Å². The van der Waals surface area contributed by atoms with Crippen LogP contribution in [0.3, 0.4) is 0 Å². The molecule has 94 heavy (non-hydrogen) atoms. The number of benzene rings is 2. The van der Waals surface area contributed by atoms with Crippen molar-refractivity contribution >= 4 is 58.1 Å². The van der Waals surface area contributed by atoms with E-state index in [1.165, 1.54) is 16.7 Å². The van der Waals surface area contributed by atoms with Gasteiger partial charge in [0.1, 0.15) is 59.4 Å². The Bertz CT molecular complexity index is 3490. The summed E-state index contributed by atoms with van der Waals surface area (Å²) in [5, 5.41) is 5.49. The van der Waals surface area contributed by atoms with Gasteiger partial charge in [0.25, 0.3) is 11.8 Å². The Kier molecular flexibility index (Phi) is 21.7. The molecule has 2 aromatic heterocycles. The summed E-state index contributed by atoms with van der Waals surface area (Å²) in [4.78, 5) is 103. The first-order chi connectivity index (χ1) is 43.6. The Morgan fingerprint density at radius 2 is 1.06 bits per heavy atom. The fourth-order valence-corrected chi connectivity index (χ4v) is 15.7. The van der Waals surface area contributed by atoms with Gasteiger partial charge in [-0.15, -0.1) is 0 Å². The number of carbonyl (C=O) groups excluding carboxylic acids is 6. The molecule has 4 aliphatic carbocycles. The first-order valence-electron chi connectivity index (χ1n) is 32.8. The molecule has 20 nitrogen and oxygen atoms in total. The molecule has 8 aliphatic rings. The van der Waals surface area contributed by atoms with E-state index in [4.69, 9.17) is 48.4 Å². The van der Waals surface area contributed by atoms with Crippen LogP contribution >= 0.6 is 0 Å². The zero-order valence-corrected chi connectivity index (χ0v) is 58.1. The van der Waals surface area contributed by atoms with Crippen molar-refractivity contribution in [3.8, 4) is 23.3 Å². The largest absolute Gasteiger partial charge is 0.540 e. The minimum atomic E-state index is -2.74. The SMILES string of the molecule is CC[C@@H]1[C@@H]2CN(C(=O)[C@H](C(C)(C)C)NC(=O)O[C@@H]3CC4C([C@H]3CCCCCc3nc5ccc(OC)cc5nc3O2)C4(F)F)[C@@H]1C(C)=O.COc1ccc2nc3c(nc2c1)O[C@H]1CN(C(=O)[C@H](C(C)(C)C)NC(=O)O[C@@H]2CC4C([C@H]2CCCCC3)C4(F)F)[C@H]([C-]=O)[C@@H]1C.[V].[V]. The van der Waals surface area contributed by atoms with Crippen LogP contribution in [0.2, 0.25) is 0 Å². The summed E-state index contributed by atoms with van der Waals surface area (Å²) in [5.74, 6) is -9.46. The third kappa shape index (κ3) is 14.4. The van der Waals surface area contributed by atoms with E-state index in [1.807, 2.05) is 65.2 Å². The smallest absolute Gasteiger partial charge is 0.408 e. The number of rotatable bonds is 5. The van der Waals surface area contributed by atoms with E-state index in [0.717, 1.165) is 25.7 Å². The number of ether oxygens (including phenoxy) is 6. The Morgan fingerprint density at radius 1 is 0.628 bits per heavy atom. The molecule has 2 aromatic carbocycles. The predicted octanol–water partition coefficient (Wildman–Crippen LogP) is 10.6. The van der Waals surface area contributed by atoms with E-state index in [9.17, 15) is 46.3 Å². The molecule has 6 fully saturated rings. The average molecular weight is 1390 g/mol. The van der Waals surface area contributed by atoms with Crippen LogP contribution in [0.4, 0.5) is 27.2 Å². The second-order valence-corrected chi connectivity index (χ2v) is 28.9. The normalized spacial score (nSPS) is 32.3. The summed E-state index contributed by atoms with van der Waals surface area (Å²) in [6.07, 6.45) is 5.21. The maximum absolute atomic E-state index is 14.6. The summed E-state index contributed by atoms with van der Waals surface area (Å²) >= 11 is 0. The monoisotopic (exact) mass is 1390 g/mol. The van der Waals surface area contributed by atoms with Gasteiger partial charge in [-0.25, -0.2) is 53.4 Å². The Hall–Kier alpha value is -5.97. The number of amides is 4. The summed E-state index contributed by atoms with van der Waals surface area (Å²) in [5.41, 5.74) is 2.33. The van der Waals surface area contributed by atoms with Gasteiger partial charge < -0.3 is 53.6 Å². The van der Waals surface area contributed by atoms with Crippen LogP contribution in [0.15, 0.2) is 36.4 Å². The standard InChI is InChI=1S/C35H46F2N4O6.C33H41F2N4O6.2V/c1-7-20-27-17-41(29(20)18(2)42)32(43)30(34(3,4)5)40-33(44)47-26-16-22-28(35(22,36)37)21(26)11-9-8-10-12-24-31(46-27)39-25-15-19(45-6)13-14-23(25)38-24;1-17-24(16-40)39-15-26(17)44-29-22(36-21-12-11-18(43-5)13-23(21)37-29)10-8-6-7-9-19-25(14-20-27(19)33(20,34)35)45-31(42)38-28(30(39)41)32(2,3)4;;/h13-15,20-22,26-30H,7-12,16-17H2,1-6H3,(H,40,44);11-13,17,19-20,24-28H,6-10,14-15H2,1-5H3,(H,38,42);;/q;-1;;/t20-,21+,22?,26-,27+,28?,29-,30-;17-,19-,20?,24+,25+,26-,27?,28+;;/m10../s1. The number of fused-ring (bicyclic) bond motifs is 14. The van der Waals surface area contributed by atoms with Gasteiger partial charge in [-0.2, -0.15) is 0 Å². The number of ketones is 1. The molecule has 4 saturated carbocycles. The number of hydrogen-bond donors (Lipinski definition) is 2. The molecule has 12 rings (SSSR count). The Morgan fingerprint density at radius 3 is 1.48 bits per heavy atom. The summed E-state index contributed by atoms with van der Waals surface area (Å²) in [6, 6.07) is 7.08. The molecular formula is C68H87F4N8O12V2-. The summed E-state index contributed by atoms with van der Waals surface area (Å²) in [6.45, 7) is 16.3. The topological polar surface area (TPSA) is 240 Å². The minimum Gasteiger partial charge on any atom is -0.540 e. The zero-order chi connectivity index (χ0) is 66.1. The average Bonchev–Trinajstić information content (AvgIpc) is 1.54. The quantitative estimate of drug-likeness (QED) is 0.139. The number of Topliss-reactive ketones (excluding diaryl/α,β-unsaturated/α-hetero) is 1. The maximum Gasteiger partial charge on any atom is 0.408 e. The van der Waals surface area contributed by atoms with Gasteiger partial charge in [0.15, 0.2) is 5.78 Å². The molecule has 0 spiro atoms. The molecule has 4 unspecified atom stereocenters. The number of aromatic nitrogens is 4. The van der Waals surface area contributed by atoms with Gasteiger partial charge >= 0.3 is 12.2 Å². The first kappa shape index (κ1) is 72.3. The number of aryl methyl sites for hydroxylation is 2. The van der Waals surface area contributed by atoms with Gasteiger partial charge in [-0.1, -0.05) is 87.1 Å². The van der Waals surface area contributed by atoms with Crippen LogP contribution in [0.5, 0.6) is 23.3 Å². The number of carbonyl (C=O) groups is 5. The molecule has 4 bridgehead atoms. The van der Waals surface area contributed by atoms with Crippen molar-refractivity contribution in [2.45, 2.75) is 206 Å². The molecular weight excluding hydrogens is 1300 g/mol. The molecule has 510 valence electrons. The van der Waals surface area contributed by atoms with Crippen LogP contribution < -0.4 is 29.6 Å². The zero-order valence-electron chi connectivity index (χ0n) is 55.3. The molecule has 4 amide bonds. The van der Waals surface area contributed by atoms with Gasteiger partial charge in [0.05, 0.1) is 55.4 Å². The summed E-state index contributed by atoms with van der Waals surface area (Å²) < 4.78 is 93.6. The van der Waals surface area contributed by atoms with Crippen molar-refractivity contribution in [2.24, 2.45) is 58.2 Å². The van der Waals surface area contributed by atoms with E-state index < -0.39 is 137 Å². The number of hydrogen-bond acceptors (Lipinski definition) is 16. The third-order valence-corrected chi connectivity index (χ3v) is 20.9. The van der Waals surface area contributed by atoms with Crippen LogP contribution in [-0.2, 0) is 78.6 Å². The molecule has 2 saturated heterocycles. The predicted molar refractivity (Wildman–Crippen MR) is 329 cm³/mol. The fraction of sp³-hybridized carbons (Fsp3) is 0.676. The number of alkyl carbamates (subject to hydrolysis) is 2. The Labute approximate surface area is 570 Å². The second-order valence-electron chi connectivity index (χ2n) is 28.9. The van der Waals surface area contributed by atoms with Crippen LogP contribution in [0, 0.1) is 58.2 Å². The molecule has 16 atom stereocenters. The van der Waals surface area contributed by atoms with Crippen molar-refractivity contribution in [1.29, 1.82) is 0 Å². The fourth-order valence-electron chi connectivity index (χ4n) is 15.7. The van der Waals surface area contributed by atoms with Crippen molar-refractivity contribution in [3.63, 3.8) is 0 Å². The number of nitrogens with zero attached hydrogens (tertiary/aromatic N) is 6. The third-order valence-electron chi connectivity index (χ3n) is 20.9. The molecule has 4 aliphatic heterocycles. The number of nitrogens with one attached hydrogen (secondary N) is 2. The summed E-state index contributed by atoms with van der Waals surface area (Å²) in [7, 11) is 3.15. The van der Waals surface area contributed by atoms with Gasteiger partial charge in [0.2, 0.25) is 23.6 Å². The molecule has 26 heteroatoms. The van der Waals surface area contributed by atoms with Crippen LogP contribution in [0.25, 0.3) is 22.1 Å². The van der Waals surface area contributed by atoms with E-state index in [-0.39, 0.29) is 74.7 Å². The molecule has 2 N–H and O–H groups in total. The van der Waals surface area contributed by atoms with Gasteiger partial charge in [-0.3, -0.25) is 14.4 Å². The van der Waals surface area contributed by atoms with Crippen molar-refractivity contribution in [3.05, 3.63) is 47.8 Å². The van der Waals surface area contributed by atoms with Gasteiger partial charge in [-0.05, 0) is 106 Å². The number of alkyl halides is 4.